The van der Waals surface area contributed by atoms with Gasteiger partial charge in [-0.1, -0.05) is 26.0 Å². The number of aliphatic hydroxyl groups is 1. The molecular formula is C22H36N2O5. The highest BCUT2D eigenvalue weighted by atomic mass is 16.5. The summed E-state index contributed by atoms with van der Waals surface area (Å²) in [4.78, 5) is 39.4. The van der Waals surface area contributed by atoms with E-state index < -0.39 is 5.92 Å². The third kappa shape index (κ3) is 7.46. The van der Waals surface area contributed by atoms with Gasteiger partial charge in [-0.15, -0.1) is 0 Å². The van der Waals surface area contributed by atoms with Crippen molar-refractivity contribution in [2.45, 2.75) is 77.3 Å². The number of hydrogen-bond donors (Lipinski definition) is 2. The Morgan fingerprint density at radius 3 is 2.79 bits per heavy atom. The number of likely N-dealkylation sites (tertiary alicyclic amines) is 1. The monoisotopic (exact) mass is 408 g/mol. The van der Waals surface area contributed by atoms with Gasteiger partial charge in [-0.2, -0.15) is 0 Å². The highest BCUT2D eigenvalue weighted by Gasteiger charge is 2.32. The molecule has 1 fully saturated rings. The number of cyclic esters (lactones) is 1. The Hall–Kier alpha value is -1.89. The molecule has 7 nitrogen and oxygen atoms in total. The van der Waals surface area contributed by atoms with Gasteiger partial charge in [0.1, 0.15) is 6.61 Å². The van der Waals surface area contributed by atoms with E-state index in [0.29, 0.717) is 19.4 Å². The number of rotatable bonds is 4. The van der Waals surface area contributed by atoms with E-state index in [1.807, 2.05) is 26.0 Å². The summed E-state index contributed by atoms with van der Waals surface area (Å²) in [5.74, 6) is -0.873. The lowest BCUT2D eigenvalue weighted by atomic mass is 9.96. The van der Waals surface area contributed by atoms with Gasteiger partial charge < -0.3 is 20.1 Å². The summed E-state index contributed by atoms with van der Waals surface area (Å²) >= 11 is 0. The molecule has 2 heterocycles. The molecule has 0 saturated carbocycles. The van der Waals surface area contributed by atoms with E-state index in [1.165, 1.54) is 0 Å². The molecule has 7 heteroatoms. The number of carbonyl (C=O) groups is 3. The SMILES string of the molecule is CC(C)[C@H]1COC(=O)CCCCC=CC[C@H](CC(=O)N2CCC[C@H]2CO)C(=O)N1. The van der Waals surface area contributed by atoms with E-state index in [0.717, 1.165) is 32.1 Å². The van der Waals surface area contributed by atoms with Gasteiger partial charge in [0.25, 0.3) is 0 Å². The second-order valence-corrected chi connectivity index (χ2v) is 8.46. The van der Waals surface area contributed by atoms with Crippen molar-refractivity contribution in [3.8, 4) is 0 Å². The van der Waals surface area contributed by atoms with E-state index in [9.17, 15) is 19.5 Å². The smallest absolute Gasteiger partial charge is 0.305 e. The van der Waals surface area contributed by atoms with Crippen molar-refractivity contribution in [3.05, 3.63) is 12.2 Å². The Bertz CT molecular complexity index is 590. The molecule has 0 aromatic rings. The van der Waals surface area contributed by atoms with Crippen LogP contribution in [-0.4, -0.2) is 59.6 Å². The number of nitrogens with one attached hydrogen (secondary N) is 1. The van der Waals surface area contributed by atoms with Gasteiger partial charge >= 0.3 is 5.97 Å². The third-order valence-electron chi connectivity index (χ3n) is 5.85. The van der Waals surface area contributed by atoms with Crippen LogP contribution in [0.15, 0.2) is 12.2 Å². The first kappa shape index (κ1) is 23.4. The van der Waals surface area contributed by atoms with E-state index >= 15 is 0 Å². The van der Waals surface area contributed by atoms with Gasteiger partial charge in [0.2, 0.25) is 11.8 Å². The lowest BCUT2D eigenvalue weighted by molar-refractivity contribution is -0.145. The van der Waals surface area contributed by atoms with Crippen molar-refractivity contribution in [1.29, 1.82) is 0 Å². The zero-order valence-corrected chi connectivity index (χ0v) is 17.8. The maximum Gasteiger partial charge on any atom is 0.305 e. The van der Waals surface area contributed by atoms with Crippen molar-refractivity contribution in [2.24, 2.45) is 11.8 Å². The van der Waals surface area contributed by atoms with Gasteiger partial charge in [0.05, 0.1) is 24.6 Å². The number of esters is 1. The molecule has 0 spiro atoms. The molecule has 29 heavy (non-hydrogen) atoms. The van der Waals surface area contributed by atoms with Crippen molar-refractivity contribution < 1.29 is 24.2 Å². The van der Waals surface area contributed by atoms with Crippen LogP contribution in [-0.2, 0) is 19.1 Å². The molecule has 164 valence electrons. The maximum atomic E-state index is 13.0. The van der Waals surface area contributed by atoms with Crippen LogP contribution >= 0.6 is 0 Å². The Balaban J connectivity index is 2.09. The van der Waals surface area contributed by atoms with E-state index in [4.69, 9.17) is 4.74 Å². The highest BCUT2D eigenvalue weighted by Crippen LogP contribution is 2.21. The first-order chi connectivity index (χ1) is 13.9. The zero-order chi connectivity index (χ0) is 21.2. The second-order valence-electron chi connectivity index (χ2n) is 8.46. The summed E-state index contributed by atoms with van der Waals surface area (Å²) in [6, 6.07) is -0.421. The lowest BCUT2D eigenvalue weighted by Gasteiger charge is -2.27. The Morgan fingerprint density at radius 2 is 2.07 bits per heavy atom. The number of allylic oxidation sites excluding steroid dienone is 2. The molecule has 2 N–H and O–H groups in total. The molecule has 0 aromatic heterocycles. The molecule has 0 aliphatic carbocycles. The third-order valence-corrected chi connectivity index (χ3v) is 5.85. The Kier molecular flexibility index (Phi) is 9.64. The Labute approximate surface area is 173 Å². The van der Waals surface area contributed by atoms with Crippen molar-refractivity contribution in [2.75, 3.05) is 19.8 Å². The quantitative estimate of drug-likeness (QED) is 0.549. The zero-order valence-electron chi connectivity index (χ0n) is 17.8. The average molecular weight is 409 g/mol. The van der Waals surface area contributed by atoms with Gasteiger partial charge in [0, 0.05) is 19.4 Å². The number of amides is 2. The topological polar surface area (TPSA) is 95.9 Å². The molecule has 0 unspecified atom stereocenters. The maximum absolute atomic E-state index is 13.0. The Morgan fingerprint density at radius 1 is 1.28 bits per heavy atom. The molecule has 2 rings (SSSR count). The summed E-state index contributed by atoms with van der Waals surface area (Å²) in [5, 5.41) is 12.5. The first-order valence-electron chi connectivity index (χ1n) is 10.9. The first-order valence-corrected chi connectivity index (χ1v) is 10.9. The number of hydrogen-bond acceptors (Lipinski definition) is 5. The van der Waals surface area contributed by atoms with Crippen LogP contribution in [0.2, 0.25) is 0 Å². The normalized spacial score (nSPS) is 27.4. The summed E-state index contributed by atoms with van der Waals surface area (Å²) in [6.45, 7) is 4.69. The van der Waals surface area contributed by atoms with E-state index in [2.05, 4.69) is 5.32 Å². The van der Waals surface area contributed by atoms with Gasteiger partial charge in [-0.25, -0.2) is 0 Å². The second kappa shape index (κ2) is 12.0. The van der Waals surface area contributed by atoms with E-state index in [1.54, 1.807) is 4.90 Å². The number of nitrogens with zero attached hydrogens (tertiary/aromatic N) is 1. The number of aliphatic hydroxyl groups excluding tert-OH is 1. The molecule has 0 radical (unpaired) electrons. The fourth-order valence-electron chi connectivity index (χ4n) is 3.83. The largest absolute Gasteiger partial charge is 0.463 e. The summed E-state index contributed by atoms with van der Waals surface area (Å²) in [7, 11) is 0. The molecule has 2 aliphatic rings. The fourth-order valence-corrected chi connectivity index (χ4v) is 3.83. The minimum absolute atomic E-state index is 0.0384. The predicted molar refractivity (Wildman–Crippen MR) is 110 cm³/mol. The van der Waals surface area contributed by atoms with Gasteiger partial charge in [0.15, 0.2) is 0 Å². The predicted octanol–water partition coefficient (Wildman–Crippen LogP) is 2.18. The minimum atomic E-state index is -0.474. The van der Waals surface area contributed by atoms with Crippen LogP contribution < -0.4 is 5.32 Å². The standard InChI is InChI=1S/C22H36N2O5/c1-16(2)19-15-29-21(27)11-7-5-3-4-6-9-17(22(28)23-19)13-20(26)24-12-8-10-18(24)14-25/h4,6,16-19,25H,3,5,7-15H2,1-2H3,(H,23,28)/t17-,18+,19-/m1/s1. The molecular weight excluding hydrogens is 372 g/mol. The highest BCUT2D eigenvalue weighted by molar-refractivity contribution is 5.86. The molecule has 2 amide bonds. The molecule has 1 saturated heterocycles. The van der Waals surface area contributed by atoms with Crippen LogP contribution in [0.25, 0.3) is 0 Å². The molecule has 3 atom stereocenters. The molecule has 2 aliphatic heterocycles. The summed E-state index contributed by atoms with van der Waals surface area (Å²) in [6.07, 6.45) is 9.20. The number of ether oxygens (including phenoxy) is 1. The molecule has 0 bridgehead atoms. The van der Waals surface area contributed by atoms with Crippen molar-refractivity contribution in [3.63, 3.8) is 0 Å². The minimum Gasteiger partial charge on any atom is -0.463 e. The molecule has 0 aromatic carbocycles. The van der Waals surface area contributed by atoms with Crippen LogP contribution in [0, 0.1) is 11.8 Å². The summed E-state index contributed by atoms with van der Waals surface area (Å²) < 4.78 is 5.36. The number of carbonyl (C=O) groups excluding carboxylic acids is 3. The van der Waals surface area contributed by atoms with E-state index in [-0.39, 0.29) is 55.4 Å². The van der Waals surface area contributed by atoms with Gasteiger partial charge in [-0.05, 0) is 44.4 Å². The van der Waals surface area contributed by atoms with Crippen LogP contribution in [0.1, 0.15) is 65.2 Å². The van der Waals surface area contributed by atoms with Crippen LogP contribution in [0.3, 0.4) is 0 Å². The average Bonchev–Trinajstić information content (AvgIpc) is 3.17. The van der Waals surface area contributed by atoms with Gasteiger partial charge in [-0.3, -0.25) is 14.4 Å². The van der Waals surface area contributed by atoms with Crippen LogP contribution in [0.5, 0.6) is 0 Å². The summed E-state index contributed by atoms with van der Waals surface area (Å²) in [5.41, 5.74) is 0. The fraction of sp³-hybridized carbons (Fsp3) is 0.773. The van der Waals surface area contributed by atoms with Crippen LogP contribution in [0.4, 0.5) is 0 Å². The van der Waals surface area contributed by atoms with Crippen molar-refractivity contribution in [1.82, 2.24) is 10.2 Å². The van der Waals surface area contributed by atoms with Crippen molar-refractivity contribution >= 4 is 17.8 Å². The lowest BCUT2D eigenvalue weighted by Crippen LogP contribution is -2.46.